The number of nitrogens with zero attached hydrogens (tertiary/aromatic N) is 2. The largest absolute Gasteiger partial charge is 0.383 e. The zero-order valence-corrected chi connectivity index (χ0v) is 13.4. The topological polar surface area (TPSA) is 39.1 Å². The summed E-state index contributed by atoms with van der Waals surface area (Å²) >= 11 is 0. The maximum Gasteiger partial charge on any atom is 0.0664 e. The Morgan fingerprint density at radius 1 is 1.50 bits per heavy atom. The van der Waals surface area contributed by atoms with Crippen molar-refractivity contribution >= 4 is 0 Å². The molecule has 0 saturated heterocycles. The predicted molar refractivity (Wildman–Crippen MR) is 84.1 cm³/mol. The molecule has 0 radical (unpaired) electrons. The lowest BCUT2D eigenvalue weighted by Crippen LogP contribution is -2.19. The Morgan fingerprint density at radius 2 is 2.30 bits per heavy atom. The summed E-state index contributed by atoms with van der Waals surface area (Å²) in [6.45, 7) is 9.26. The highest BCUT2D eigenvalue weighted by Gasteiger charge is 2.04. The van der Waals surface area contributed by atoms with Crippen LogP contribution in [-0.2, 0) is 11.2 Å². The van der Waals surface area contributed by atoms with Crippen LogP contribution >= 0.6 is 0 Å². The minimum Gasteiger partial charge on any atom is -0.383 e. The van der Waals surface area contributed by atoms with Crippen molar-refractivity contribution in [1.82, 2.24) is 15.1 Å². The van der Waals surface area contributed by atoms with Crippen molar-refractivity contribution in [3.05, 3.63) is 29.6 Å². The molecule has 0 aliphatic heterocycles. The molecular formula is C16H29N3O. The maximum atomic E-state index is 4.99. The molecule has 1 N–H and O–H groups in total. The Morgan fingerprint density at radius 3 is 3.00 bits per heavy atom. The lowest BCUT2D eigenvalue weighted by molar-refractivity contribution is 0.199. The van der Waals surface area contributed by atoms with E-state index >= 15 is 0 Å². The van der Waals surface area contributed by atoms with Crippen LogP contribution in [0.25, 0.3) is 0 Å². The third-order valence-electron chi connectivity index (χ3n) is 3.46. The van der Waals surface area contributed by atoms with Crippen LogP contribution < -0.4 is 5.32 Å². The molecular weight excluding hydrogens is 250 g/mol. The van der Waals surface area contributed by atoms with Crippen LogP contribution in [0, 0.1) is 0 Å². The van der Waals surface area contributed by atoms with E-state index in [0.717, 1.165) is 44.7 Å². The van der Waals surface area contributed by atoms with Gasteiger partial charge in [0, 0.05) is 32.3 Å². The third kappa shape index (κ3) is 6.35. The van der Waals surface area contributed by atoms with Gasteiger partial charge in [0.15, 0.2) is 0 Å². The van der Waals surface area contributed by atoms with E-state index < -0.39 is 0 Å². The quantitative estimate of drug-likeness (QED) is 0.528. The summed E-state index contributed by atoms with van der Waals surface area (Å²) in [6.07, 6.45) is 7.50. The molecule has 20 heavy (non-hydrogen) atoms. The van der Waals surface area contributed by atoms with Gasteiger partial charge in [-0.05, 0) is 39.3 Å². The summed E-state index contributed by atoms with van der Waals surface area (Å²) in [6, 6.07) is 2.61. The van der Waals surface area contributed by atoms with Crippen LogP contribution in [-0.4, -0.2) is 36.6 Å². The van der Waals surface area contributed by atoms with Crippen LogP contribution in [0.15, 0.2) is 23.9 Å². The van der Waals surface area contributed by atoms with E-state index in [4.69, 9.17) is 4.74 Å². The van der Waals surface area contributed by atoms with E-state index in [1.807, 2.05) is 0 Å². The number of methoxy groups -OCH3 is 1. The van der Waals surface area contributed by atoms with Crippen molar-refractivity contribution in [2.24, 2.45) is 0 Å². The number of hydrogen-bond acceptors (Lipinski definition) is 3. The average Bonchev–Trinajstić information content (AvgIpc) is 2.90. The molecule has 0 bridgehead atoms. The number of aromatic nitrogens is 2. The van der Waals surface area contributed by atoms with E-state index in [2.05, 4.69) is 54.2 Å². The van der Waals surface area contributed by atoms with Crippen LogP contribution in [0.3, 0.4) is 0 Å². The fourth-order valence-electron chi connectivity index (χ4n) is 1.98. The molecule has 0 spiro atoms. The maximum absolute atomic E-state index is 4.99. The first-order valence-corrected chi connectivity index (χ1v) is 7.56. The normalized spacial score (nSPS) is 13.7. The molecule has 0 aliphatic rings. The highest BCUT2D eigenvalue weighted by Crippen LogP contribution is 2.11. The van der Waals surface area contributed by atoms with Gasteiger partial charge >= 0.3 is 0 Å². The van der Waals surface area contributed by atoms with Gasteiger partial charge in [-0.2, -0.15) is 5.10 Å². The molecule has 0 amide bonds. The van der Waals surface area contributed by atoms with Crippen LogP contribution in [0.2, 0.25) is 0 Å². The Bertz CT molecular complexity index is 398. The van der Waals surface area contributed by atoms with E-state index in [1.165, 1.54) is 5.57 Å². The molecule has 1 atom stereocenters. The fraction of sp³-hybridized carbons (Fsp3) is 0.688. The molecule has 1 aromatic rings. The molecule has 1 unspecified atom stereocenters. The van der Waals surface area contributed by atoms with Gasteiger partial charge in [-0.15, -0.1) is 0 Å². The summed E-state index contributed by atoms with van der Waals surface area (Å²) in [5, 5.41) is 7.98. The summed E-state index contributed by atoms with van der Waals surface area (Å²) in [7, 11) is 1.73. The van der Waals surface area contributed by atoms with Crippen LogP contribution in [0.1, 0.15) is 45.3 Å². The van der Waals surface area contributed by atoms with Gasteiger partial charge in [-0.3, -0.25) is 4.68 Å². The minimum atomic E-state index is 0.484. The summed E-state index contributed by atoms with van der Waals surface area (Å²) in [4.78, 5) is 0. The number of ether oxygens (including phenoxy) is 1. The molecule has 4 heteroatoms. The average molecular weight is 279 g/mol. The lowest BCUT2D eigenvalue weighted by Gasteiger charge is -2.08. The zero-order chi connectivity index (χ0) is 14.8. The molecule has 0 aromatic carbocycles. The Labute approximate surface area is 123 Å². The molecule has 0 fully saturated rings. The first-order chi connectivity index (χ1) is 9.67. The molecule has 1 heterocycles. The van der Waals surface area contributed by atoms with Gasteiger partial charge < -0.3 is 10.1 Å². The Hall–Kier alpha value is -1.13. The van der Waals surface area contributed by atoms with Crippen molar-refractivity contribution in [1.29, 1.82) is 0 Å². The van der Waals surface area contributed by atoms with Crippen molar-refractivity contribution in [3.8, 4) is 0 Å². The van der Waals surface area contributed by atoms with Crippen molar-refractivity contribution in [2.75, 3.05) is 26.8 Å². The SMILES string of the molecule is CCC(C)n1ccc(CC(C)=CCCNCCOC)n1. The highest BCUT2D eigenvalue weighted by atomic mass is 16.5. The second kappa shape index (κ2) is 9.72. The van der Waals surface area contributed by atoms with Crippen molar-refractivity contribution in [2.45, 2.75) is 46.1 Å². The second-order valence-electron chi connectivity index (χ2n) is 5.30. The second-order valence-corrected chi connectivity index (χ2v) is 5.30. The van der Waals surface area contributed by atoms with Gasteiger partial charge in [0.2, 0.25) is 0 Å². The number of rotatable bonds is 10. The molecule has 0 aliphatic carbocycles. The first-order valence-electron chi connectivity index (χ1n) is 7.56. The van der Waals surface area contributed by atoms with Gasteiger partial charge in [-0.1, -0.05) is 18.6 Å². The van der Waals surface area contributed by atoms with E-state index in [-0.39, 0.29) is 0 Å². The Balaban J connectivity index is 2.30. The highest BCUT2D eigenvalue weighted by molar-refractivity contribution is 5.12. The Kier molecular flexibility index (Phi) is 8.23. The number of hydrogen-bond donors (Lipinski definition) is 1. The molecule has 4 nitrogen and oxygen atoms in total. The molecule has 114 valence electrons. The summed E-state index contributed by atoms with van der Waals surface area (Å²) in [5.41, 5.74) is 2.54. The minimum absolute atomic E-state index is 0.484. The van der Waals surface area contributed by atoms with Gasteiger partial charge in [0.25, 0.3) is 0 Å². The molecule has 0 saturated carbocycles. The standard InChI is InChI=1S/C16H29N3O/c1-5-15(3)19-11-8-16(18-19)13-14(2)7-6-9-17-10-12-20-4/h7-8,11,15,17H,5-6,9-10,12-13H2,1-4H3. The summed E-state index contributed by atoms with van der Waals surface area (Å²) in [5.74, 6) is 0. The monoisotopic (exact) mass is 279 g/mol. The zero-order valence-electron chi connectivity index (χ0n) is 13.4. The molecule has 1 rings (SSSR count). The van der Waals surface area contributed by atoms with Crippen LogP contribution in [0.5, 0.6) is 0 Å². The van der Waals surface area contributed by atoms with Crippen LogP contribution in [0.4, 0.5) is 0 Å². The van der Waals surface area contributed by atoms with E-state index in [9.17, 15) is 0 Å². The van der Waals surface area contributed by atoms with Crippen molar-refractivity contribution in [3.63, 3.8) is 0 Å². The summed E-state index contributed by atoms with van der Waals surface area (Å²) < 4.78 is 7.06. The fourth-order valence-corrected chi connectivity index (χ4v) is 1.98. The molecule has 1 aromatic heterocycles. The number of nitrogens with one attached hydrogen (secondary N) is 1. The van der Waals surface area contributed by atoms with Gasteiger partial charge in [0.05, 0.1) is 12.3 Å². The third-order valence-corrected chi connectivity index (χ3v) is 3.46. The van der Waals surface area contributed by atoms with Gasteiger partial charge in [0.1, 0.15) is 0 Å². The van der Waals surface area contributed by atoms with Crippen molar-refractivity contribution < 1.29 is 4.74 Å². The smallest absolute Gasteiger partial charge is 0.0664 e. The lowest BCUT2D eigenvalue weighted by atomic mass is 10.1. The first kappa shape index (κ1) is 16.9. The van der Waals surface area contributed by atoms with E-state index in [1.54, 1.807) is 7.11 Å². The predicted octanol–water partition coefficient (Wildman–Crippen LogP) is 2.97. The van der Waals surface area contributed by atoms with E-state index in [0.29, 0.717) is 6.04 Å². The van der Waals surface area contributed by atoms with Gasteiger partial charge in [-0.25, -0.2) is 0 Å². The number of allylic oxidation sites excluding steroid dienone is 1.